The summed E-state index contributed by atoms with van der Waals surface area (Å²) in [6.45, 7) is 7.78. The van der Waals surface area contributed by atoms with Crippen molar-refractivity contribution in [3.63, 3.8) is 0 Å². The van der Waals surface area contributed by atoms with Gasteiger partial charge in [-0.2, -0.15) is 0 Å². The molecular formula is C8H15N3O. The predicted octanol–water partition coefficient (Wildman–Crippen LogP) is 1.33. The second-order valence-corrected chi connectivity index (χ2v) is 3.09. The van der Waals surface area contributed by atoms with Crippen LogP contribution in [0.2, 0.25) is 0 Å². The van der Waals surface area contributed by atoms with Gasteiger partial charge in [-0.3, -0.25) is 4.57 Å². The van der Waals surface area contributed by atoms with Crippen molar-refractivity contribution in [2.24, 2.45) is 5.92 Å². The Morgan fingerprint density at radius 2 is 2.33 bits per heavy atom. The topological polar surface area (TPSA) is 39.9 Å². The molecule has 0 aliphatic rings. The van der Waals surface area contributed by atoms with Gasteiger partial charge < -0.3 is 4.74 Å². The van der Waals surface area contributed by atoms with Gasteiger partial charge in [-0.05, 0) is 12.8 Å². The normalized spacial score (nSPS) is 10.7. The number of ether oxygens (including phenoxy) is 1. The molecule has 0 aromatic carbocycles. The lowest BCUT2D eigenvalue weighted by atomic mass is 10.2. The van der Waals surface area contributed by atoms with Gasteiger partial charge in [-0.25, -0.2) is 0 Å². The Balaban J connectivity index is 2.63. The van der Waals surface area contributed by atoms with E-state index in [4.69, 9.17) is 4.74 Å². The number of rotatable bonds is 4. The van der Waals surface area contributed by atoms with Crippen molar-refractivity contribution in [3.8, 4) is 6.01 Å². The molecule has 0 saturated heterocycles. The highest BCUT2D eigenvalue weighted by Gasteiger charge is 2.05. The maximum absolute atomic E-state index is 5.27. The van der Waals surface area contributed by atoms with Gasteiger partial charge in [0.2, 0.25) is 0 Å². The third-order valence-electron chi connectivity index (χ3n) is 1.42. The first-order valence-corrected chi connectivity index (χ1v) is 4.24. The van der Waals surface area contributed by atoms with E-state index in [2.05, 4.69) is 24.0 Å². The first-order valence-electron chi connectivity index (χ1n) is 4.24. The highest BCUT2D eigenvalue weighted by molar-refractivity contribution is 4.91. The lowest BCUT2D eigenvalue weighted by Crippen LogP contribution is -2.07. The minimum Gasteiger partial charge on any atom is -0.464 e. The maximum Gasteiger partial charge on any atom is 0.316 e. The summed E-state index contributed by atoms with van der Waals surface area (Å²) in [6.07, 6.45) is 1.70. The van der Waals surface area contributed by atoms with E-state index in [0.29, 0.717) is 18.5 Å². The molecule has 1 heterocycles. The molecule has 0 amide bonds. The molecule has 1 rings (SSSR count). The van der Waals surface area contributed by atoms with E-state index in [0.717, 1.165) is 6.54 Å². The summed E-state index contributed by atoms with van der Waals surface area (Å²) in [4.78, 5) is 0. The van der Waals surface area contributed by atoms with Crippen molar-refractivity contribution >= 4 is 0 Å². The number of aromatic nitrogens is 3. The van der Waals surface area contributed by atoms with Crippen LogP contribution in [0, 0.1) is 5.92 Å². The maximum atomic E-state index is 5.27. The minimum absolute atomic E-state index is 0.584. The van der Waals surface area contributed by atoms with E-state index in [1.54, 1.807) is 6.33 Å². The summed E-state index contributed by atoms with van der Waals surface area (Å²) in [5.41, 5.74) is 0. The van der Waals surface area contributed by atoms with Crippen LogP contribution in [0.4, 0.5) is 0 Å². The van der Waals surface area contributed by atoms with Crippen LogP contribution in [-0.2, 0) is 6.54 Å². The first kappa shape index (κ1) is 9.03. The van der Waals surface area contributed by atoms with Gasteiger partial charge in [0, 0.05) is 6.54 Å². The summed E-state index contributed by atoms with van der Waals surface area (Å²) in [7, 11) is 0. The zero-order valence-corrected chi connectivity index (χ0v) is 7.82. The van der Waals surface area contributed by atoms with Gasteiger partial charge in [0.1, 0.15) is 6.33 Å². The third kappa shape index (κ3) is 2.22. The van der Waals surface area contributed by atoms with Gasteiger partial charge in [0.05, 0.1) is 6.61 Å². The van der Waals surface area contributed by atoms with E-state index in [9.17, 15) is 0 Å². The standard InChI is InChI=1S/C8H15N3O/c1-4-12-8-10-9-6-11(8)5-7(2)3/h6-7H,4-5H2,1-3H3. The number of hydrogen-bond donors (Lipinski definition) is 0. The molecular weight excluding hydrogens is 154 g/mol. The Morgan fingerprint density at radius 3 is 2.92 bits per heavy atom. The Bertz CT molecular complexity index is 232. The lowest BCUT2D eigenvalue weighted by Gasteiger charge is -2.07. The molecule has 1 aromatic heterocycles. The Morgan fingerprint density at radius 1 is 1.58 bits per heavy atom. The quantitative estimate of drug-likeness (QED) is 0.682. The average molecular weight is 169 g/mol. The molecule has 0 bridgehead atoms. The molecule has 0 unspecified atom stereocenters. The van der Waals surface area contributed by atoms with Crippen molar-refractivity contribution < 1.29 is 4.74 Å². The summed E-state index contributed by atoms with van der Waals surface area (Å²) in [5.74, 6) is 0.584. The third-order valence-corrected chi connectivity index (χ3v) is 1.42. The molecule has 0 N–H and O–H groups in total. The molecule has 4 nitrogen and oxygen atoms in total. The average Bonchev–Trinajstić information content (AvgIpc) is 2.37. The monoisotopic (exact) mass is 169 g/mol. The van der Waals surface area contributed by atoms with Gasteiger partial charge in [-0.15, -0.1) is 5.10 Å². The molecule has 12 heavy (non-hydrogen) atoms. The van der Waals surface area contributed by atoms with Crippen LogP contribution in [0.15, 0.2) is 6.33 Å². The fourth-order valence-electron chi connectivity index (χ4n) is 1.00. The molecule has 0 spiro atoms. The molecule has 0 fully saturated rings. The van der Waals surface area contributed by atoms with Crippen LogP contribution in [0.25, 0.3) is 0 Å². The highest BCUT2D eigenvalue weighted by atomic mass is 16.5. The van der Waals surface area contributed by atoms with Crippen molar-refractivity contribution in [3.05, 3.63) is 6.33 Å². The molecule has 68 valence electrons. The van der Waals surface area contributed by atoms with Gasteiger partial charge in [-0.1, -0.05) is 18.9 Å². The van der Waals surface area contributed by atoms with Gasteiger partial charge >= 0.3 is 6.01 Å². The molecule has 0 radical (unpaired) electrons. The van der Waals surface area contributed by atoms with Gasteiger partial charge in [0.25, 0.3) is 0 Å². The van der Waals surface area contributed by atoms with E-state index in [-0.39, 0.29) is 0 Å². The first-order chi connectivity index (χ1) is 5.74. The van der Waals surface area contributed by atoms with Crippen molar-refractivity contribution in [1.82, 2.24) is 14.8 Å². The van der Waals surface area contributed by atoms with Crippen LogP contribution < -0.4 is 4.74 Å². The molecule has 4 heteroatoms. The fraction of sp³-hybridized carbons (Fsp3) is 0.750. The van der Waals surface area contributed by atoms with Crippen LogP contribution in [-0.4, -0.2) is 21.4 Å². The van der Waals surface area contributed by atoms with Gasteiger partial charge in [0.15, 0.2) is 0 Å². The molecule has 0 aliphatic carbocycles. The number of hydrogen-bond acceptors (Lipinski definition) is 3. The zero-order valence-electron chi connectivity index (χ0n) is 7.82. The summed E-state index contributed by atoms with van der Waals surface area (Å²) in [5, 5.41) is 7.63. The summed E-state index contributed by atoms with van der Waals surface area (Å²) < 4.78 is 7.19. The Labute approximate surface area is 72.6 Å². The summed E-state index contributed by atoms with van der Waals surface area (Å²) in [6, 6.07) is 0.617. The van der Waals surface area contributed by atoms with Crippen molar-refractivity contribution in [2.45, 2.75) is 27.3 Å². The van der Waals surface area contributed by atoms with E-state index in [1.807, 2.05) is 11.5 Å². The SMILES string of the molecule is CCOc1nncn1CC(C)C. The highest BCUT2D eigenvalue weighted by Crippen LogP contribution is 2.08. The summed E-state index contributed by atoms with van der Waals surface area (Å²) >= 11 is 0. The largest absolute Gasteiger partial charge is 0.464 e. The lowest BCUT2D eigenvalue weighted by molar-refractivity contribution is 0.289. The second-order valence-electron chi connectivity index (χ2n) is 3.09. The number of nitrogens with zero attached hydrogens (tertiary/aromatic N) is 3. The van der Waals surface area contributed by atoms with Crippen molar-refractivity contribution in [2.75, 3.05) is 6.61 Å². The van der Waals surface area contributed by atoms with Crippen LogP contribution in [0.5, 0.6) is 6.01 Å². The van der Waals surface area contributed by atoms with E-state index in [1.165, 1.54) is 0 Å². The zero-order chi connectivity index (χ0) is 8.97. The minimum atomic E-state index is 0.584. The predicted molar refractivity (Wildman–Crippen MR) is 46.0 cm³/mol. The molecule has 0 aliphatic heterocycles. The molecule has 1 aromatic rings. The van der Waals surface area contributed by atoms with Crippen LogP contribution >= 0.6 is 0 Å². The smallest absolute Gasteiger partial charge is 0.316 e. The molecule has 0 saturated carbocycles. The van der Waals surface area contributed by atoms with E-state index < -0.39 is 0 Å². The van der Waals surface area contributed by atoms with Crippen molar-refractivity contribution in [1.29, 1.82) is 0 Å². The fourth-order valence-corrected chi connectivity index (χ4v) is 1.00. The van der Waals surface area contributed by atoms with Crippen LogP contribution in [0.3, 0.4) is 0 Å². The van der Waals surface area contributed by atoms with E-state index >= 15 is 0 Å². The second kappa shape index (κ2) is 4.09. The Kier molecular flexibility index (Phi) is 3.08. The Hall–Kier alpha value is -1.06. The molecule has 0 atom stereocenters. The van der Waals surface area contributed by atoms with Crippen LogP contribution in [0.1, 0.15) is 20.8 Å².